The van der Waals surface area contributed by atoms with E-state index < -0.39 is 0 Å². The number of anilines is 1. The van der Waals surface area contributed by atoms with Gasteiger partial charge in [0.15, 0.2) is 0 Å². The zero-order valence-electron chi connectivity index (χ0n) is 9.83. The zero-order chi connectivity index (χ0) is 11.7. The van der Waals surface area contributed by atoms with E-state index >= 15 is 0 Å². The van der Waals surface area contributed by atoms with Crippen molar-refractivity contribution in [1.82, 2.24) is 5.32 Å². The fourth-order valence-electron chi connectivity index (χ4n) is 2.01. The first-order valence-electron chi connectivity index (χ1n) is 5.47. The second-order valence-corrected chi connectivity index (χ2v) is 6.37. The van der Waals surface area contributed by atoms with Crippen LogP contribution in [0.3, 0.4) is 0 Å². The Morgan fingerprint density at radius 1 is 1.50 bits per heavy atom. The highest BCUT2D eigenvalue weighted by Gasteiger charge is 2.29. The summed E-state index contributed by atoms with van der Waals surface area (Å²) in [6.45, 7) is 3.34. The van der Waals surface area contributed by atoms with Crippen LogP contribution in [-0.4, -0.2) is 31.9 Å². The molecule has 1 aliphatic heterocycles. The van der Waals surface area contributed by atoms with Crippen LogP contribution in [0.25, 0.3) is 0 Å². The number of nitrogens with zero attached hydrogens (tertiary/aromatic N) is 1. The predicted molar refractivity (Wildman–Crippen MR) is 75.6 cm³/mol. The third-order valence-electron chi connectivity index (χ3n) is 3.13. The van der Waals surface area contributed by atoms with Crippen molar-refractivity contribution in [2.24, 2.45) is 0 Å². The number of fused-ring (bicyclic) bond motifs is 1. The van der Waals surface area contributed by atoms with Gasteiger partial charge in [0.25, 0.3) is 0 Å². The van der Waals surface area contributed by atoms with E-state index in [1.54, 1.807) is 0 Å². The van der Waals surface area contributed by atoms with Crippen LogP contribution >= 0.6 is 27.7 Å². The third-order valence-corrected chi connectivity index (χ3v) is 5.09. The molecule has 0 aliphatic carbocycles. The highest BCUT2D eigenvalue weighted by molar-refractivity contribution is 9.10. The Morgan fingerprint density at radius 2 is 2.25 bits per heavy atom. The van der Waals surface area contributed by atoms with E-state index in [0.717, 1.165) is 11.0 Å². The lowest BCUT2D eigenvalue weighted by atomic mass is 10.1. The van der Waals surface area contributed by atoms with E-state index in [9.17, 15) is 0 Å². The zero-order valence-corrected chi connectivity index (χ0v) is 12.2. The van der Waals surface area contributed by atoms with Crippen LogP contribution in [0.5, 0.6) is 0 Å². The molecular weight excluding hydrogens is 284 g/mol. The second-order valence-electron chi connectivity index (χ2n) is 4.18. The van der Waals surface area contributed by atoms with E-state index in [2.05, 4.69) is 58.3 Å². The van der Waals surface area contributed by atoms with Crippen LogP contribution in [-0.2, 0) is 0 Å². The Hall–Kier alpha value is -0.190. The van der Waals surface area contributed by atoms with Crippen LogP contribution in [0.2, 0.25) is 0 Å². The minimum Gasteiger partial charge on any atom is -0.370 e. The lowest BCUT2D eigenvalue weighted by molar-refractivity contribution is 0.603. The van der Waals surface area contributed by atoms with Crippen molar-refractivity contribution in [2.45, 2.75) is 23.1 Å². The predicted octanol–water partition coefficient (Wildman–Crippen LogP) is 2.97. The fraction of sp³-hybridized carbons (Fsp3) is 0.500. The lowest BCUT2D eigenvalue weighted by Gasteiger charge is -2.39. The van der Waals surface area contributed by atoms with Gasteiger partial charge in [-0.1, -0.05) is 15.9 Å². The largest absolute Gasteiger partial charge is 0.370 e. The van der Waals surface area contributed by atoms with Crippen LogP contribution < -0.4 is 10.2 Å². The molecule has 1 heterocycles. The molecule has 2 unspecified atom stereocenters. The first kappa shape index (κ1) is 12.3. The fourth-order valence-corrected chi connectivity index (χ4v) is 3.78. The Labute approximate surface area is 110 Å². The molecule has 0 spiro atoms. The molecule has 2 nitrogen and oxygen atoms in total. The molecule has 1 aromatic rings. The van der Waals surface area contributed by atoms with Crippen molar-refractivity contribution >= 4 is 33.4 Å². The summed E-state index contributed by atoms with van der Waals surface area (Å²) in [6, 6.07) is 7.08. The summed E-state index contributed by atoms with van der Waals surface area (Å²) in [5.74, 6) is 0. The van der Waals surface area contributed by atoms with Gasteiger partial charge in [-0.25, -0.2) is 0 Å². The Kier molecular flexibility index (Phi) is 3.82. The smallest absolute Gasteiger partial charge is 0.0516 e. The summed E-state index contributed by atoms with van der Waals surface area (Å²) in [6.07, 6.45) is 0. The quantitative estimate of drug-likeness (QED) is 0.904. The number of halogens is 1. The molecule has 2 atom stereocenters. The Balaban J connectivity index is 2.32. The molecule has 16 heavy (non-hydrogen) atoms. The normalized spacial score (nSPS) is 24.4. The third kappa shape index (κ3) is 2.24. The van der Waals surface area contributed by atoms with E-state index in [-0.39, 0.29) is 0 Å². The monoisotopic (exact) mass is 300 g/mol. The van der Waals surface area contributed by atoms with Crippen molar-refractivity contribution in [3.8, 4) is 0 Å². The average molecular weight is 301 g/mol. The molecule has 1 aromatic carbocycles. The summed E-state index contributed by atoms with van der Waals surface area (Å²) in [5, 5.41) is 3.89. The van der Waals surface area contributed by atoms with Crippen molar-refractivity contribution in [3.05, 3.63) is 22.7 Å². The molecule has 0 saturated carbocycles. The average Bonchev–Trinajstić information content (AvgIpc) is 2.27. The molecule has 0 bridgehead atoms. The van der Waals surface area contributed by atoms with Gasteiger partial charge in [-0.05, 0) is 32.2 Å². The molecule has 1 aliphatic rings. The number of rotatable bonds is 2. The summed E-state index contributed by atoms with van der Waals surface area (Å²) in [5.41, 5.74) is 1.33. The first-order chi connectivity index (χ1) is 7.63. The lowest BCUT2D eigenvalue weighted by Crippen LogP contribution is -2.44. The molecule has 2 rings (SSSR count). The summed E-state index contributed by atoms with van der Waals surface area (Å²) >= 11 is 5.51. The van der Waals surface area contributed by atoms with Crippen molar-refractivity contribution < 1.29 is 0 Å². The molecule has 0 radical (unpaired) electrons. The standard InChI is InChI=1S/C12H17BrN2S/c1-8-12(7-14-2)16-11-5-4-9(13)6-10(11)15(8)3/h4-6,8,12,14H,7H2,1-3H3. The maximum atomic E-state index is 3.54. The van der Waals surface area contributed by atoms with Crippen molar-refractivity contribution in [1.29, 1.82) is 0 Å². The molecule has 0 aromatic heterocycles. The molecule has 0 fully saturated rings. The number of thioether (sulfide) groups is 1. The summed E-state index contributed by atoms with van der Waals surface area (Å²) in [7, 11) is 4.20. The van der Waals surface area contributed by atoms with Crippen LogP contribution in [0.4, 0.5) is 5.69 Å². The van der Waals surface area contributed by atoms with Gasteiger partial charge in [0.1, 0.15) is 0 Å². The topological polar surface area (TPSA) is 15.3 Å². The molecule has 0 saturated heterocycles. The van der Waals surface area contributed by atoms with Crippen molar-refractivity contribution in [2.75, 3.05) is 25.5 Å². The number of nitrogens with one attached hydrogen (secondary N) is 1. The highest BCUT2D eigenvalue weighted by atomic mass is 79.9. The number of hydrogen-bond acceptors (Lipinski definition) is 3. The summed E-state index contributed by atoms with van der Waals surface area (Å²) in [4.78, 5) is 3.75. The van der Waals surface area contributed by atoms with Gasteiger partial charge in [-0.15, -0.1) is 11.8 Å². The van der Waals surface area contributed by atoms with E-state index in [0.29, 0.717) is 11.3 Å². The molecule has 88 valence electrons. The van der Waals surface area contributed by atoms with Gasteiger partial charge in [0, 0.05) is 34.3 Å². The van der Waals surface area contributed by atoms with Crippen LogP contribution in [0.1, 0.15) is 6.92 Å². The van der Waals surface area contributed by atoms with E-state index in [1.807, 2.05) is 18.8 Å². The van der Waals surface area contributed by atoms with Crippen LogP contribution in [0, 0.1) is 0 Å². The minimum absolute atomic E-state index is 0.555. The van der Waals surface area contributed by atoms with Gasteiger partial charge < -0.3 is 10.2 Å². The van der Waals surface area contributed by atoms with E-state index in [4.69, 9.17) is 0 Å². The van der Waals surface area contributed by atoms with Crippen molar-refractivity contribution in [3.63, 3.8) is 0 Å². The maximum absolute atomic E-state index is 3.54. The van der Waals surface area contributed by atoms with Gasteiger partial charge in [-0.2, -0.15) is 0 Å². The van der Waals surface area contributed by atoms with E-state index in [1.165, 1.54) is 10.6 Å². The Bertz CT molecular complexity index is 383. The maximum Gasteiger partial charge on any atom is 0.0516 e. The van der Waals surface area contributed by atoms with Gasteiger partial charge in [0.05, 0.1) is 5.69 Å². The minimum atomic E-state index is 0.555. The second kappa shape index (κ2) is 4.98. The molecule has 4 heteroatoms. The molecule has 0 amide bonds. The highest BCUT2D eigenvalue weighted by Crippen LogP contribution is 2.41. The van der Waals surface area contributed by atoms with Gasteiger partial charge in [0.2, 0.25) is 0 Å². The SMILES string of the molecule is CNCC1Sc2ccc(Br)cc2N(C)C1C. The van der Waals surface area contributed by atoms with Gasteiger partial charge in [-0.3, -0.25) is 0 Å². The summed E-state index contributed by atoms with van der Waals surface area (Å²) < 4.78 is 1.15. The first-order valence-corrected chi connectivity index (χ1v) is 7.14. The number of benzene rings is 1. The van der Waals surface area contributed by atoms with Gasteiger partial charge >= 0.3 is 0 Å². The molecule has 1 N–H and O–H groups in total. The molecular formula is C12H17BrN2S. The number of hydrogen-bond donors (Lipinski definition) is 1. The van der Waals surface area contributed by atoms with Crippen LogP contribution in [0.15, 0.2) is 27.6 Å². The Morgan fingerprint density at radius 3 is 2.94 bits per heavy atom.